The Bertz CT molecular complexity index is 583. The predicted molar refractivity (Wildman–Crippen MR) is 86.0 cm³/mol. The van der Waals surface area contributed by atoms with Crippen LogP contribution in [-0.4, -0.2) is 55.4 Å². The summed E-state index contributed by atoms with van der Waals surface area (Å²) in [5.41, 5.74) is 0.831. The Morgan fingerprint density at radius 1 is 1.32 bits per heavy atom. The first kappa shape index (κ1) is 16.5. The van der Waals surface area contributed by atoms with Gasteiger partial charge in [0.15, 0.2) is 5.82 Å². The normalized spacial score (nSPS) is 12.6. The van der Waals surface area contributed by atoms with Crippen molar-refractivity contribution in [3.63, 3.8) is 0 Å². The minimum Gasteiger partial charge on any atom is -0.491 e. The summed E-state index contributed by atoms with van der Waals surface area (Å²) in [5, 5.41) is 7.20. The number of aromatic nitrogens is 2. The summed E-state index contributed by atoms with van der Waals surface area (Å²) in [7, 11) is 5.95. The Labute approximate surface area is 131 Å². The molecule has 0 fully saturated rings. The maximum Gasteiger partial charge on any atom is 0.261 e. The monoisotopic (exact) mass is 304 g/mol. The van der Waals surface area contributed by atoms with Gasteiger partial charge in [-0.05, 0) is 40.2 Å². The fourth-order valence-corrected chi connectivity index (χ4v) is 1.93. The molecule has 0 amide bonds. The molecular weight excluding hydrogens is 280 g/mol. The van der Waals surface area contributed by atoms with E-state index in [0.29, 0.717) is 24.4 Å². The predicted octanol–water partition coefficient (Wildman–Crippen LogP) is 1.83. The van der Waals surface area contributed by atoms with Gasteiger partial charge in [-0.2, -0.15) is 4.98 Å². The van der Waals surface area contributed by atoms with Gasteiger partial charge >= 0.3 is 0 Å². The number of benzene rings is 1. The van der Waals surface area contributed by atoms with Crippen molar-refractivity contribution < 1.29 is 9.26 Å². The van der Waals surface area contributed by atoms with Crippen molar-refractivity contribution in [1.29, 1.82) is 0 Å². The van der Waals surface area contributed by atoms with Crippen LogP contribution in [0.2, 0.25) is 0 Å². The lowest BCUT2D eigenvalue weighted by Crippen LogP contribution is -2.24. The molecular formula is C16H24N4O2. The maximum absolute atomic E-state index is 5.83. The molecule has 6 nitrogen and oxygen atoms in total. The molecule has 1 atom stereocenters. The summed E-state index contributed by atoms with van der Waals surface area (Å²) in [6.45, 7) is 3.54. The molecule has 2 aromatic rings. The van der Waals surface area contributed by atoms with Crippen molar-refractivity contribution in [2.75, 3.05) is 34.3 Å². The first-order valence-corrected chi connectivity index (χ1v) is 7.47. The largest absolute Gasteiger partial charge is 0.491 e. The molecule has 0 saturated heterocycles. The fourth-order valence-electron chi connectivity index (χ4n) is 1.93. The number of rotatable bonds is 8. The van der Waals surface area contributed by atoms with Gasteiger partial charge in [0.1, 0.15) is 12.4 Å². The van der Waals surface area contributed by atoms with Gasteiger partial charge in [0, 0.05) is 19.0 Å². The highest BCUT2D eigenvalue weighted by Crippen LogP contribution is 2.28. The smallest absolute Gasteiger partial charge is 0.261 e. The summed E-state index contributed by atoms with van der Waals surface area (Å²) in [6, 6.07) is 8.04. The molecule has 0 bridgehead atoms. The van der Waals surface area contributed by atoms with Gasteiger partial charge in [-0.25, -0.2) is 0 Å². The third-order valence-electron chi connectivity index (χ3n) is 3.36. The highest BCUT2D eigenvalue weighted by molar-refractivity contribution is 5.62. The lowest BCUT2D eigenvalue weighted by Gasteiger charge is -2.12. The highest BCUT2D eigenvalue weighted by Gasteiger charge is 2.15. The topological polar surface area (TPSA) is 63.4 Å². The van der Waals surface area contributed by atoms with E-state index in [1.165, 1.54) is 0 Å². The number of hydrogen-bond acceptors (Lipinski definition) is 6. The zero-order valence-electron chi connectivity index (χ0n) is 13.7. The average Bonchev–Trinajstić information content (AvgIpc) is 2.95. The van der Waals surface area contributed by atoms with Crippen LogP contribution in [0.15, 0.2) is 28.8 Å². The Kier molecular flexibility index (Phi) is 5.91. The molecule has 0 aliphatic rings. The Morgan fingerprint density at radius 2 is 2.09 bits per heavy atom. The van der Waals surface area contributed by atoms with E-state index in [9.17, 15) is 0 Å². The molecule has 0 aliphatic carbocycles. The van der Waals surface area contributed by atoms with Crippen LogP contribution in [0.4, 0.5) is 0 Å². The average molecular weight is 304 g/mol. The number of nitrogens with zero attached hydrogens (tertiary/aromatic N) is 3. The van der Waals surface area contributed by atoms with Crippen molar-refractivity contribution >= 4 is 0 Å². The van der Waals surface area contributed by atoms with Gasteiger partial charge in [0.25, 0.3) is 5.89 Å². The highest BCUT2D eigenvalue weighted by atomic mass is 16.5. The number of ether oxygens (including phenoxy) is 1. The van der Waals surface area contributed by atoms with Crippen LogP contribution in [-0.2, 0) is 6.42 Å². The van der Waals surface area contributed by atoms with Gasteiger partial charge in [0.05, 0.1) is 5.56 Å². The second-order valence-corrected chi connectivity index (χ2v) is 5.56. The van der Waals surface area contributed by atoms with Crippen molar-refractivity contribution in [2.24, 2.45) is 0 Å². The molecule has 6 heteroatoms. The van der Waals surface area contributed by atoms with Crippen molar-refractivity contribution in [3.05, 3.63) is 30.1 Å². The standard InChI is InChI=1S/C16H24N4O2/c1-12(17-2)11-15-18-16(22-19-15)13-7-5-6-8-14(13)21-10-9-20(3)4/h5-8,12,17H,9-11H2,1-4H3. The third kappa shape index (κ3) is 4.54. The minimum atomic E-state index is 0.303. The summed E-state index contributed by atoms with van der Waals surface area (Å²) in [6.07, 6.45) is 0.726. The summed E-state index contributed by atoms with van der Waals surface area (Å²) >= 11 is 0. The summed E-state index contributed by atoms with van der Waals surface area (Å²) < 4.78 is 11.2. The SMILES string of the molecule is CNC(C)Cc1noc(-c2ccccc2OCCN(C)C)n1. The molecule has 0 aliphatic heterocycles. The Morgan fingerprint density at radius 3 is 2.82 bits per heavy atom. The van der Waals surface area contributed by atoms with Crippen LogP contribution in [0.25, 0.3) is 11.5 Å². The van der Waals surface area contributed by atoms with Gasteiger partial charge in [-0.15, -0.1) is 0 Å². The lowest BCUT2D eigenvalue weighted by molar-refractivity contribution is 0.261. The summed E-state index contributed by atoms with van der Waals surface area (Å²) in [4.78, 5) is 6.54. The van der Waals surface area contributed by atoms with E-state index < -0.39 is 0 Å². The number of likely N-dealkylation sites (N-methyl/N-ethyl adjacent to an activating group) is 2. The second kappa shape index (κ2) is 7.91. The van der Waals surface area contributed by atoms with Crippen molar-refractivity contribution in [2.45, 2.75) is 19.4 Å². The molecule has 1 heterocycles. The van der Waals surface area contributed by atoms with Crippen LogP contribution in [0.3, 0.4) is 0 Å². The first-order chi connectivity index (χ1) is 10.6. The molecule has 0 radical (unpaired) electrons. The fraction of sp³-hybridized carbons (Fsp3) is 0.500. The van der Waals surface area contributed by atoms with Crippen LogP contribution in [0, 0.1) is 0 Å². The van der Waals surface area contributed by atoms with E-state index in [-0.39, 0.29) is 0 Å². The number of nitrogens with one attached hydrogen (secondary N) is 1. The molecule has 0 spiro atoms. The van der Waals surface area contributed by atoms with Crippen LogP contribution in [0.5, 0.6) is 5.75 Å². The molecule has 120 valence electrons. The number of hydrogen-bond donors (Lipinski definition) is 1. The molecule has 1 aromatic carbocycles. The van der Waals surface area contributed by atoms with E-state index >= 15 is 0 Å². The van der Waals surface area contributed by atoms with Gasteiger partial charge < -0.3 is 19.5 Å². The van der Waals surface area contributed by atoms with E-state index in [0.717, 1.165) is 24.3 Å². The van der Waals surface area contributed by atoms with Gasteiger partial charge in [0.2, 0.25) is 0 Å². The lowest BCUT2D eigenvalue weighted by atomic mass is 10.2. The van der Waals surface area contributed by atoms with Crippen molar-refractivity contribution in [1.82, 2.24) is 20.4 Å². The van der Waals surface area contributed by atoms with E-state index in [4.69, 9.17) is 9.26 Å². The quantitative estimate of drug-likeness (QED) is 0.803. The minimum absolute atomic E-state index is 0.303. The van der Waals surface area contributed by atoms with Crippen LogP contribution >= 0.6 is 0 Å². The molecule has 1 aromatic heterocycles. The Balaban J connectivity index is 2.11. The molecule has 2 rings (SSSR count). The molecule has 22 heavy (non-hydrogen) atoms. The zero-order valence-corrected chi connectivity index (χ0v) is 13.7. The van der Waals surface area contributed by atoms with Crippen molar-refractivity contribution in [3.8, 4) is 17.2 Å². The maximum atomic E-state index is 5.83. The van der Waals surface area contributed by atoms with Gasteiger partial charge in [-0.3, -0.25) is 0 Å². The van der Waals surface area contributed by atoms with E-state index in [1.807, 2.05) is 45.4 Å². The van der Waals surface area contributed by atoms with E-state index in [2.05, 4.69) is 27.3 Å². The molecule has 1 unspecified atom stereocenters. The van der Waals surface area contributed by atoms with E-state index in [1.54, 1.807) is 0 Å². The Hall–Kier alpha value is -1.92. The zero-order chi connectivity index (χ0) is 15.9. The molecule has 0 saturated carbocycles. The molecule has 1 N–H and O–H groups in total. The van der Waals surface area contributed by atoms with Crippen LogP contribution < -0.4 is 10.1 Å². The second-order valence-electron chi connectivity index (χ2n) is 5.56. The summed E-state index contributed by atoms with van der Waals surface area (Å²) in [5.74, 6) is 1.96. The number of para-hydroxylation sites is 1. The third-order valence-corrected chi connectivity index (χ3v) is 3.36. The van der Waals surface area contributed by atoms with Crippen LogP contribution in [0.1, 0.15) is 12.7 Å². The van der Waals surface area contributed by atoms with Gasteiger partial charge in [-0.1, -0.05) is 17.3 Å². The first-order valence-electron chi connectivity index (χ1n) is 7.47.